The third kappa shape index (κ3) is 4.03. The van der Waals surface area contributed by atoms with Gasteiger partial charge in [-0.05, 0) is 6.54 Å². The molecule has 1 rings (SSSR count). The summed E-state index contributed by atoms with van der Waals surface area (Å²) < 4.78 is 15.6. The maximum atomic E-state index is 11.6. The molecule has 0 aromatic heterocycles. The molecule has 0 saturated carbocycles. The summed E-state index contributed by atoms with van der Waals surface area (Å²) in [6.07, 6.45) is 0. The van der Waals surface area contributed by atoms with Gasteiger partial charge >= 0.3 is 0 Å². The highest BCUT2D eigenvalue weighted by Crippen LogP contribution is 2.39. The molecule has 0 saturated heterocycles. The summed E-state index contributed by atoms with van der Waals surface area (Å²) in [6.45, 7) is 2.93. The third-order valence-corrected chi connectivity index (χ3v) is 2.48. The fourth-order valence-corrected chi connectivity index (χ4v) is 1.60. The number of rotatable bonds is 7. The summed E-state index contributed by atoms with van der Waals surface area (Å²) in [5, 5.41) is 5.71. The lowest BCUT2D eigenvalue weighted by Crippen LogP contribution is -2.27. The third-order valence-electron chi connectivity index (χ3n) is 2.48. The number of nitrogens with one attached hydrogen (secondary N) is 2. The van der Waals surface area contributed by atoms with Gasteiger partial charge in [-0.15, -0.1) is 0 Å². The molecule has 106 valence electrons. The first-order valence-corrected chi connectivity index (χ1v) is 5.96. The minimum atomic E-state index is -0.129. The number of hydrogen-bond donors (Lipinski definition) is 2. The number of carbonyl (C=O) groups excluding carboxylic acids is 1. The Morgan fingerprint density at radius 3 is 2.11 bits per heavy atom. The first-order valence-electron chi connectivity index (χ1n) is 5.96. The Bertz CT molecular complexity index is 410. The molecule has 19 heavy (non-hydrogen) atoms. The number of ether oxygens (including phenoxy) is 3. The van der Waals surface area contributed by atoms with Gasteiger partial charge in [0.15, 0.2) is 11.5 Å². The van der Waals surface area contributed by atoms with E-state index in [9.17, 15) is 4.79 Å². The van der Waals surface area contributed by atoms with E-state index in [0.29, 0.717) is 22.9 Å². The summed E-state index contributed by atoms with van der Waals surface area (Å²) in [6, 6.07) is 3.37. The van der Waals surface area contributed by atoms with Crippen LogP contribution in [-0.2, 0) is 4.79 Å². The fraction of sp³-hybridized carbons (Fsp3) is 0.462. The Balaban J connectivity index is 2.93. The van der Waals surface area contributed by atoms with Crippen molar-refractivity contribution in [1.82, 2.24) is 5.32 Å². The Morgan fingerprint density at radius 1 is 1.11 bits per heavy atom. The van der Waals surface area contributed by atoms with Crippen molar-refractivity contribution in [2.75, 3.05) is 39.7 Å². The second-order valence-electron chi connectivity index (χ2n) is 3.74. The molecular formula is C13H20N2O4. The number of methoxy groups -OCH3 is 3. The zero-order valence-electron chi connectivity index (χ0n) is 11.7. The molecule has 0 spiro atoms. The molecule has 0 bridgehead atoms. The van der Waals surface area contributed by atoms with E-state index in [-0.39, 0.29) is 12.5 Å². The highest BCUT2D eigenvalue weighted by molar-refractivity contribution is 5.93. The van der Waals surface area contributed by atoms with Gasteiger partial charge in [-0.2, -0.15) is 0 Å². The highest BCUT2D eigenvalue weighted by Gasteiger charge is 2.14. The standard InChI is InChI=1S/C13H20N2O4/c1-5-14-8-12(16)15-9-6-10(17-2)13(19-4)11(7-9)18-3/h6-7,14H,5,8H2,1-4H3,(H,15,16). The largest absolute Gasteiger partial charge is 0.493 e. The van der Waals surface area contributed by atoms with Crippen molar-refractivity contribution in [2.24, 2.45) is 0 Å². The lowest BCUT2D eigenvalue weighted by atomic mass is 10.2. The van der Waals surface area contributed by atoms with Crippen LogP contribution in [0.3, 0.4) is 0 Å². The van der Waals surface area contributed by atoms with Crippen LogP contribution in [0.1, 0.15) is 6.92 Å². The topological polar surface area (TPSA) is 68.8 Å². The minimum Gasteiger partial charge on any atom is -0.493 e. The molecule has 0 fully saturated rings. The van der Waals surface area contributed by atoms with Gasteiger partial charge in [0.2, 0.25) is 11.7 Å². The quantitative estimate of drug-likeness (QED) is 0.779. The van der Waals surface area contributed by atoms with Crippen LogP contribution in [0.25, 0.3) is 0 Å². The highest BCUT2D eigenvalue weighted by atomic mass is 16.5. The van der Waals surface area contributed by atoms with Gasteiger partial charge in [-0.25, -0.2) is 0 Å². The van der Waals surface area contributed by atoms with E-state index in [1.165, 1.54) is 21.3 Å². The van der Waals surface area contributed by atoms with E-state index in [2.05, 4.69) is 10.6 Å². The average Bonchev–Trinajstić information content (AvgIpc) is 2.43. The van der Waals surface area contributed by atoms with Crippen molar-refractivity contribution in [1.29, 1.82) is 0 Å². The molecule has 1 amide bonds. The first kappa shape index (κ1) is 15.1. The lowest BCUT2D eigenvalue weighted by Gasteiger charge is -2.14. The molecule has 6 heteroatoms. The van der Waals surface area contributed by atoms with Crippen LogP contribution in [0, 0.1) is 0 Å². The molecule has 0 aliphatic carbocycles. The molecule has 2 N–H and O–H groups in total. The van der Waals surface area contributed by atoms with Crippen molar-refractivity contribution in [2.45, 2.75) is 6.92 Å². The lowest BCUT2D eigenvalue weighted by molar-refractivity contribution is -0.115. The molecule has 0 unspecified atom stereocenters. The Kier molecular flexibility index (Phi) is 5.95. The van der Waals surface area contributed by atoms with Crippen LogP contribution in [0.15, 0.2) is 12.1 Å². The molecule has 1 aromatic carbocycles. The van der Waals surface area contributed by atoms with Gasteiger partial charge in [-0.3, -0.25) is 4.79 Å². The number of carbonyl (C=O) groups is 1. The number of hydrogen-bond acceptors (Lipinski definition) is 5. The zero-order chi connectivity index (χ0) is 14.3. The molecule has 0 radical (unpaired) electrons. The number of likely N-dealkylation sites (N-methyl/N-ethyl adjacent to an activating group) is 1. The molecule has 0 atom stereocenters. The van der Waals surface area contributed by atoms with Gasteiger partial charge in [-0.1, -0.05) is 6.92 Å². The van der Waals surface area contributed by atoms with E-state index in [1.54, 1.807) is 12.1 Å². The average molecular weight is 268 g/mol. The van der Waals surface area contributed by atoms with Gasteiger partial charge < -0.3 is 24.8 Å². The number of amides is 1. The van der Waals surface area contributed by atoms with Crippen molar-refractivity contribution in [3.05, 3.63) is 12.1 Å². The van der Waals surface area contributed by atoms with E-state index < -0.39 is 0 Å². The number of benzene rings is 1. The predicted molar refractivity (Wildman–Crippen MR) is 73.3 cm³/mol. The van der Waals surface area contributed by atoms with Crippen molar-refractivity contribution < 1.29 is 19.0 Å². The SMILES string of the molecule is CCNCC(=O)Nc1cc(OC)c(OC)c(OC)c1. The molecule has 6 nitrogen and oxygen atoms in total. The molecule has 0 aliphatic rings. The normalized spacial score (nSPS) is 9.89. The molecule has 0 heterocycles. The zero-order valence-corrected chi connectivity index (χ0v) is 11.7. The monoisotopic (exact) mass is 268 g/mol. The van der Waals surface area contributed by atoms with E-state index in [4.69, 9.17) is 14.2 Å². The summed E-state index contributed by atoms with van der Waals surface area (Å²) in [5.41, 5.74) is 0.595. The van der Waals surface area contributed by atoms with Crippen molar-refractivity contribution in [3.63, 3.8) is 0 Å². The maximum Gasteiger partial charge on any atom is 0.238 e. The second-order valence-corrected chi connectivity index (χ2v) is 3.74. The van der Waals surface area contributed by atoms with Crippen LogP contribution in [0.2, 0.25) is 0 Å². The summed E-state index contributed by atoms with van der Waals surface area (Å²) >= 11 is 0. The van der Waals surface area contributed by atoms with Gasteiger partial charge in [0.25, 0.3) is 0 Å². The van der Waals surface area contributed by atoms with E-state index >= 15 is 0 Å². The smallest absolute Gasteiger partial charge is 0.238 e. The predicted octanol–water partition coefficient (Wildman–Crippen LogP) is 1.26. The van der Waals surface area contributed by atoms with E-state index in [1.807, 2.05) is 6.92 Å². The first-order chi connectivity index (χ1) is 9.15. The van der Waals surface area contributed by atoms with Crippen molar-refractivity contribution in [3.8, 4) is 17.2 Å². The summed E-state index contributed by atoms with van der Waals surface area (Å²) in [4.78, 5) is 11.6. The Hall–Kier alpha value is -1.95. The second kappa shape index (κ2) is 7.48. The maximum absolute atomic E-state index is 11.6. The van der Waals surface area contributed by atoms with Crippen LogP contribution < -0.4 is 24.8 Å². The van der Waals surface area contributed by atoms with Gasteiger partial charge in [0, 0.05) is 17.8 Å². The Morgan fingerprint density at radius 2 is 1.68 bits per heavy atom. The summed E-state index contributed by atoms with van der Waals surface area (Å²) in [7, 11) is 4.59. The van der Waals surface area contributed by atoms with Crippen LogP contribution in [0.4, 0.5) is 5.69 Å². The van der Waals surface area contributed by atoms with Crippen LogP contribution in [0.5, 0.6) is 17.2 Å². The number of anilines is 1. The molecular weight excluding hydrogens is 248 g/mol. The van der Waals surface area contributed by atoms with Gasteiger partial charge in [0.1, 0.15) is 0 Å². The molecule has 1 aromatic rings. The minimum absolute atomic E-state index is 0.129. The van der Waals surface area contributed by atoms with Crippen molar-refractivity contribution >= 4 is 11.6 Å². The molecule has 0 aliphatic heterocycles. The van der Waals surface area contributed by atoms with E-state index in [0.717, 1.165) is 6.54 Å². The summed E-state index contributed by atoms with van der Waals surface area (Å²) in [5.74, 6) is 1.37. The van der Waals surface area contributed by atoms with Gasteiger partial charge in [0.05, 0.1) is 27.9 Å². The van der Waals surface area contributed by atoms with Crippen LogP contribution in [-0.4, -0.2) is 40.3 Å². The fourth-order valence-electron chi connectivity index (χ4n) is 1.60. The van der Waals surface area contributed by atoms with Crippen LogP contribution >= 0.6 is 0 Å². The Labute approximate surface area is 113 Å².